The molecule has 0 saturated heterocycles. The predicted octanol–water partition coefficient (Wildman–Crippen LogP) is 6.48. The van der Waals surface area contributed by atoms with Gasteiger partial charge in [0, 0.05) is 23.2 Å². The van der Waals surface area contributed by atoms with Gasteiger partial charge in [0.25, 0.3) is 0 Å². The van der Waals surface area contributed by atoms with Crippen LogP contribution in [-0.4, -0.2) is 10.9 Å². The number of nitrogens with one attached hydrogen (secondary N) is 1. The summed E-state index contributed by atoms with van der Waals surface area (Å²) in [5.74, 6) is 0.408. The Morgan fingerprint density at radius 1 is 1.10 bits per heavy atom. The second-order valence-electron chi connectivity index (χ2n) is 8.16. The molecular weight excluding hydrogens is 375 g/mol. The van der Waals surface area contributed by atoms with Gasteiger partial charge in [0.05, 0.1) is 5.52 Å². The lowest BCUT2D eigenvalue weighted by atomic mass is 9.72. The Bertz CT molecular complexity index is 1020. The molecule has 1 unspecified atom stereocenters. The van der Waals surface area contributed by atoms with Gasteiger partial charge in [0.1, 0.15) is 5.82 Å². The van der Waals surface area contributed by atoms with Gasteiger partial charge in [-0.05, 0) is 85.9 Å². The molecule has 1 N–H and O–H groups in total. The van der Waals surface area contributed by atoms with E-state index in [1.807, 2.05) is 18.3 Å². The number of allylic oxidation sites excluding steroid dienone is 1. The van der Waals surface area contributed by atoms with E-state index in [1.54, 1.807) is 12.1 Å². The van der Waals surface area contributed by atoms with Crippen molar-refractivity contribution >= 4 is 22.5 Å². The third-order valence-corrected chi connectivity index (χ3v) is 6.33. The van der Waals surface area contributed by atoms with Gasteiger partial charge in [-0.1, -0.05) is 24.3 Å². The lowest BCUT2D eigenvalue weighted by molar-refractivity contribution is -0.121. The van der Waals surface area contributed by atoms with Crippen molar-refractivity contribution in [1.29, 1.82) is 0 Å². The maximum Gasteiger partial charge on any atom is 0.228 e. The van der Waals surface area contributed by atoms with E-state index in [0.29, 0.717) is 23.9 Å². The maximum absolute atomic E-state index is 13.1. The van der Waals surface area contributed by atoms with Crippen LogP contribution in [0.5, 0.6) is 0 Å². The molecule has 1 aromatic heterocycles. The molecule has 1 aliphatic carbocycles. The van der Waals surface area contributed by atoms with Crippen molar-refractivity contribution in [1.82, 2.24) is 4.98 Å². The number of benzene rings is 2. The topological polar surface area (TPSA) is 42.0 Å². The van der Waals surface area contributed by atoms with Crippen molar-refractivity contribution in [2.75, 3.05) is 5.32 Å². The molecule has 1 heterocycles. The van der Waals surface area contributed by atoms with E-state index in [2.05, 4.69) is 41.1 Å². The standard InChI is InChI=1S/C26H27FN2O/c1-2-5-23(26(30)29-21-14-12-20(27)13-15-21)19-10-8-18(9-11-19)22-16-17-28-25-7-4-3-6-24(22)25/h2-4,6-7,12-19,23H,1,5,8-11H2,(H,29,30). The molecule has 1 saturated carbocycles. The molecule has 0 aliphatic heterocycles. The highest BCUT2D eigenvalue weighted by Gasteiger charge is 2.32. The van der Waals surface area contributed by atoms with Crippen LogP contribution in [0.3, 0.4) is 0 Å². The molecule has 1 aliphatic rings. The molecule has 0 bridgehead atoms. The summed E-state index contributed by atoms with van der Waals surface area (Å²) in [4.78, 5) is 17.4. The lowest BCUT2D eigenvalue weighted by Gasteiger charge is -2.33. The van der Waals surface area contributed by atoms with Crippen LogP contribution in [0.25, 0.3) is 10.9 Å². The summed E-state index contributed by atoms with van der Waals surface area (Å²) in [6, 6.07) is 16.4. The van der Waals surface area contributed by atoms with Gasteiger partial charge >= 0.3 is 0 Å². The molecule has 4 rings (SSSR count). The molecule has 3 aromatic rings. The summed E-state index contributed by atoms with van der Waals surface area (Å²) in [5.41, 5.74) is 3.04. The van der Waals surface area contributed by atoms with Gasteiger partial charge in [0.2, 0.25) is 5.91 Å². The summed E-state index contributed by atoms with van der Waals surface area (Å²) in [6.45, 7) is 3.86. The van der Waals surface area contributed by atoms with E-state index in [4.69, 9.17) is 0 Å². The number of para-hydroxylation sites is 1. The molecule has 0 spiro atoms. The first-order valence-electron chi connectivity index (χ1n) is 10.7. The van der Waals surface area contributed by atoms with Crippen LogP contribution in [0.2, 0.25) is 0 Å². The van der Waals surface area contributed by atoms with Crippen molar-refractivity contribution in [3.05, 3.63) is 84.8 Å². The lowest BCUT2D eigenvalue weighted by Crippen LogP contribution is -2.31. The number of nitrogens with zero attached hydrogens (tertiary/aromatic N) is 1. The van der Waals surface area contributed by atoms with E-state index in [9.17, 15) is 9.18 Å². The number of halogens is 1. The Balaban J connectivity index is 1.44. The van der Waals surface area contributed by atoms with Crippen molar-refractivity contribution in [2.45, 2.75) is 38.0 Å². The minimum absolute atomic E-state index is 0.000630. The van der Waals surface area contributed by atoms with E-state index >= 15 is 0 Å². The predicted molar refractivity (Wildman–Crippen MR) is 120 cm³/mol. The SMILES string of the molecule is C=CCC(C(=O)Nc1ccc(F)cc1)C1CCC(c2ccnc3ccccc23)CC1. The minimum atomic E-state index is -0.308. The summed E-state index contributed by atoms with van der Waals surface area (Å²) in [7, 11) is 0. The number of amides is 1. The van der Waals surface area contributed by atoms with Crippen LogP contribution in [-0.2, 0) is 4.79 Å². The van der Waals surface area contributed by atoms with Gasteiger partial charge < -0.3 is 5.32 Å². The molecule has 1 amide bonds. The zero-order valence-corrected chi connectivity index (χ0v) is 17.1. The van der Waals surface area contributed by atoms with E-state index < -0.39 is 0 Å². The third kappa shape index (κ3) is 4.43. The molecular formula is C26H27FN2O. The Labute approximate surface area is 177 Å². The number of pyridine rings is 1. The van der Waals surface area contributed by atoms with Crippen LogP contribution in [0, 0.1) is 17.7 Å². The highest BCUT2D eigenvalue weighted by molar-refractivity contribution is 5.92. The van der Waals surface area contributed by atoms with E-state index in [1.165, 1.54) is 23.1 Å². The van der Waals surface area contributed by atoms with Crippen molar-refractivity contribution < 1.29 is 9.18 Å². The van der Waals surface area contributed by atoms with Crippen molar-refractivity contribution in [3.63, 3.8) is 0 Å². The quantitative estimate of drug-likeness (QED) is 0.480. The monoisotopic (exact) mass is 402 g/mol. The summed E-state index contributed by atoms with van der Waals surface area (Å²) >= 11 is 0. The van der Waals surface area contributed by atoms with E-state index in [0.717, 1.165) is 31.2 Å². The molecule has 2 aromatic carbocycles. The number of fused-ring (bicyclic) bond motifs is 1. The fourth-order valence-corrected chi connectivity index (χ4v) is 4.77. The Morgan fingerprint density at radius 2 is 1.83 bits per heavy atom. The number of carbonyl (C=O) groups is 1. The van der Waals surface area contributed by atoms with Gasteiger partial charge in [-0.15, -0.1) is 6.58 Å². The Morgan fingerprint density at radius 3 is 2.57 bits per heavy atom. The zero-order chi connectivity index (χ0) is 20.9. The Hall–Kier alpha value is -3.01. The van der Waals surface area contributed by atoms with E-state index in [-0.39, 0.29) is 17.6 Å². The average molecular weight is 403 g/mol. The van der Waals surface area contributed by atoms with Crippen LogP contribution in [0.15, 0.2) is 73.4 Å². The molecule has 1 atom stereocenters. The summed E-state index contributed by atoms with van der Waals surface area (Å²) in [5, 5.41) is 4.19. The maximum atomic E-state index is 13.1. The van der Waals surface area contributed by atoms with Crippen molar-refractivity contribution in [3.8, 4) is 0 Å². The summed E-state index contributed by atoms with van der Waals surface area (Å²) < 4.78 is 13.1. The first-order valence-corrected chi connectivity index (χ1v) is 10.7. The molecule has 154 valence electrons. The largest absolute Gasteiger partial charge is 0.326 e. The fraction of sp³-hybridized carbons (Fsp3) is 0.308. The number of hydrogen-bond donors (Lipinski definition) is 1. The highest BCUT2D eigenvalue weighted by Crippen LogP contribution is 2.41. The fourth-order valence-electron chi connectivity index (χ4n) is 4.77. The normalized spacial score (nSPS) is 19.9. The molecule has 3 nitrogen and oxygen atoms in total. The number of hydrogen-bond acceptors (Lipinski definition) is 2. The van der Waals surface area contributed by atoms with Gasteiger partial charge in [-0.3, -0.25) is 9.78 Å². The van der Waals surface area contributed by atoms with Crippen LogP contribution >= 0.6 is 0 Å². The van der Waals surface area contributed by atoms with Crippen LogP contribution in [0.4, 0.5) is 10.1 Å². The molecule has 1 fully saturated rings. The smallest absolute Gasteiger partial charge is 0.228 e. The second-order valence-corrected chi connectivity index (χ2v) is 8.16. The number of anilines is 1. The first-order chi connectivity index (χ1) is 14.7. The van der Waals surface area contributed by atoms with Crippen LogP contribution < -0.4 is 5.32 Å². The van der Waals surface area contributed by atoms with Crippen molar-refractivity contribution in [2.24, 2.45) is 11.8 Å². The average Bonchev–Trinajstić information content (AvgIpc) is 2.79. The molecule has 4 heteroatoms. The minimum Gasteiger partial charge on any atom is -0.326 e. The number of rotatable bonds is 6. The molecule has 0 radical (unpaired) electrons. The third-order valence-electron chi connectivity index (χ3n) is 6.33. The number of aromatic nitrogens is 1. The second kappa shape index (κ2) is 9.21. The summed E-state index contributed by atoms with van der Waals surface area (Å²) in [6.07, 6.45) is 8.54. The van der Waals surface area contributed by atoms with Gasteiger partial charge in [-0.25, -0.2) is 4.39 Å². The zero-order valence-electron chi connectivity index (χ0n) is 17.1. The first kappa shape index (κ1) is 20.3. The Kier molecular flexibility index (Phi) is 6.22. The highest BCUT2D eigenvalue weighted by atomic mass is 19.1. The number of carbonyl (C=O) groups excluding carboxylic acids is 1. The van der Waals surface area contributed by atoms with Gasteiger partial charge in [-0.2, -0.15) is 0 Å². The molecule has 30 heavy (non-hydrogen) atoms. The van der Waals surface area contributed by atoms with Gasteiger partial charge in [0.15, 0.2) is 0 Å². The van der Waals surface area contributed by atoms with Crippen LogP contribution in [0.1, 0.15) is 43.6 Å².